The highest BCUT2D eigenvalue weighted by Gasteiger charge is 2.29. The summed E-state index contributed by atoms with van der Waals surface area (Å²) in [5.41, 5.74) is 6.52. The third-order valence-electron chi connectivity index (χ3n) is 3.99. The number of anilines is 2. The van der Waals surface area contributed by atoms with Crippen molar-refractivity contribution in [2.24, 2.45) is 5.92 Å². The van der Waals surface area contributed by atoms with Gasteiger partial charge in [-0.05, 0) is 18.9 Å². The molecule has 1 aliphatic heterocycles. The standard InChI is InChI=1S/C14H17N5O4/c1-23-13(22)8-3-2-4-18(6-8)10-7-19-11(16-14(15)17-19)5-9(10)12(20)21/h5,7-8H,2-4,6H2,1H3,(H2,15,17)(H,20,21). The highest BCUT2D eigenvalue weighted by atomic mass is 16.5. The summed E-state index contributed by atoms with van der Waals surface area (Å²) in [6, 6.07) is 1.43. The number of pyridine rings is 1. The first-order valence-corrected chi connectivity index (χ1v) is 7.21. The van der Waals surface area contributed by atoms with Gasteiger partial charge in [0.05, 0.1) is 30.5 Å². The maximum absolute atomic E-state index is 11.8. The van der Waals surface area contributed by atoms with Crippen LogP contribution in [-0.4, -0.2) is 51.8 Å². The van der Waals surface area contributed by atoms with Crippen molar-refractivity contribution < 1.29 is 19.4 Å². The lowest BCUT2D eigenvalue weighted by Gasteiger charge is -2.33. The van der Waals surface area contributed by atoms with Gasteiger partial charge in [-0.25, -0.2) is 9.31 Å². The fraction of sp³-hybridized carbons (Fsp3) is 0.429. The summed E-state index contributed by atoms with van der Waals surface area (Å²) >= 11 is 0. The SMILES string of the molecule is COC(=O)C1CCCN(c2cn3nc(N)nc3cc2C(=O)O)C1. The summed E-state index contributed by atoms with van der Waals surface area (Å²) in [7, 11) is 1.36. The molecule has 1 fully saturated rings. The molecule has 9 nitrogen and oxygen atoms in total. The molecule has 0 aliphatic carbocycles. The molecule has 9 heteroatoms. The van der Waals surface area contributed by atoms with Crippen LogP contribution >= 0.6 is 0 Å². The number of esters is 1. The van der Waals surface area contributed by atoms with E-state index in [1.807, 2.05) is 4.90 Å². The summed E-state index contributed by atoms with van der Waals surface area (Å²) < 4.78 is 6.24. The van der Waals surface area contributed by atoms with Gasteiger partial charge in [-0.3, -0.25) is 4.79 Å². The average Bonchev–Trinajstić information content (AvgIpc) is 2.92. The van der Waals surface area contributed by atoms with Crippen molar-refractivity contribution in [3.05, 3.63) is 17.8 Å². The van der Waals surface area contributed by atoms with Gasteiger partial charge in [0.2, 0.25) is 5.95 Å². The highest BCUT2D eigenvalue weighted by Crippen LogP contribution is 2.28. The molecule has 0 aromatic carbocycles. The quantitative estimate of drug-likeness (QED) is 0.779. The molecule has 0 bridgehead atoms. The molecular formula is C14H17N5O4. The Bertz CT molecular complexity index is 772. The molecule has 1 atom stereocenters. The molecule has 1 saturated heterocycles. The second-order valence-corrected chi connectivity index (χ2v) is 5.46. The van der Waals surface area contributed by atoms with Crippen molar-refractivity contribution in [2.45, 2.75) is 12.8 Å². The molecule has 23 heavy (non-hydrogen) atoms. The van der Waals surface area contributed by atoms with Gasteiger partial charge in [-0.2, -0.15) is 4.98 Å². The number of hydrogen-bond acceptors (Lipinski definition) is 7. The van der Waals surface area contributed by atoms with E-state index in [0.29, 0.717) is 24.4 Å². The van der Waals surface area contributed by atoms with Gasteiger partial charge in [0, 0.05) is 13.1 Å². The van der Waals surface area contributed by atoms with Gasteiger partial charge in [0.25, 0.3) is 0 Å². The minimum Gasteiger partial charge on any atom is -0.478 e. The van der Waals surface area contributed by atoms with Crippen LogP contribution in [0.5, 0.6) is 0 Å². The monoisotopic (exact) mass is 319 g/mol. The van der Waals surface area contributed by atoms with Crippen LogP contribution < -0.4 is 10.6 Å². The van der Waals surface area contributed by atoms with E-state index < -0.39 is 5.97 Å². The number of aromatic carboxylic acids is 1. The Hall–Kier alpha value is -2.84. The summed E-state index contributed by atoms with van der Waals surface area (Å²) in [5.74, 6) is -1.54. The van der Waals surface area contributed by atoms with Crippen molar-refractivity contribution in [3.63, 3.8) is 0 Å². The Morgan fingerprint density at radius 2 is 2.26 bits per heavy atom. The second-order valence-electron chi connectivity index (χ2n) is 5.46. The number of rotatable bonds is 3. The minimum absolute atomic E-state index is 0.0737. The van der Waals surface area contributed by atoms with E-state index in [9.17, 15) is 14.7 Å². The van der Waals surface area contributed by atoms with Gasteiger partial charge >= 0.3 is 11.9 Å². The zero-order valence-electron chi connectivity index (χ0n) is 12.6. The minimum atomic E-state index is -1.07. The van der Waals surface area contributed by atoms with Gasteiger partial charge in [0.15, 0.2) is 5.65 Å². The predicted molar refractivity (Wildman–Crippen MR) is 81.3 cm³/mol. The molecule has 1 unspecified atom stereocenters. The molecule has 1 aliphatic rings. The fourth-order valence-corrected chi connectivity index (χ4v) is 2.91. The number of nitrogen functional groups attached to an aromatic ring is 1. The number of nitrogens with zero attached hydrogens (tertiary/aromatic N) is 4. The fourth-order valence-electron chi connectivity index (χ4n) is 2.91. The number of fused-ring (bicyclic) bond motifs is 1. The number of carboxylic acid groups (broad SMARTS) is 1. The van der Waals surface area contributed by atoms with Crippen molar-refractivity contribution in [3.8, 4) is 0 Å². The van der Waals surface area contributed by atoms with E-state index in [2.05, 4.69) is 10.1 Å². The molecule has 0 amide bonds. The number of carbonyl (C=O) groups excluding carboxylic acids is 1. The topological polar surface area (TPSA) is 123 Å². The Labute approximate surface area is 131 Å². The largest absolute Gasteiger partial charge is 0.478 e. The van der Waals surface area contributed by atoms with Crippen LogP contribution in [0.15, 0.2) is 12.3 Å². The maximum Gasteiger partial charge on any atom is 0.338 e. The summed E-state index contributed by atoms with van der Waals surface area (Å²) in [6.45, 7) is 1.06. The second kappa shape index (κ2) is 5.75. The highest BCUT2D eigenvalue weighted by molar-refractivity contribution is 5.95. The molecule has 0 radical (unpaired) electrons. The first-order valence-electron chi connectivity index (χ1n) is 7.21. The molecule has 0 saturated carbocycles. The zero-order valence-corrected chi connectivity index (χ0v) is 12.6. The number of aromatic nitrogens is 3. The Morgan fingerprint density at radius 3 is 2.96 bits per heavy atom. The van der Waals surface area contributed by atoms with Gasteiger partial charge in [-0.15, -0.1) is 5.10 Å². The Kier molecular flexibility index (Phi) is 3.77. The van der Waals surface area contributed by atoms with E-state index in [0.717, 1.165) is 12.8 Å². The lowest BCUT2D eigenvalue weighted by Crippen LogP contribution is -2.40. The number of nitrogens with two attached hydrogens (primary N) is 1. The lowest BCUT2D eigenvalue weighted by molar-refractivity contribution is -0.145. The van der Waals surface area contributed by atoms with Crippen LogP contribution in [0, 0.1) is 5.92 Å². The Morgan fingerprint density at radius 1 is 1.48 bits per heavy atom. The van der Waals surface area contributed by atoms with E-state index in [1.165, 1.54) is 17.7 Å². The summed E-state index contributed by atoms with van der Waals surface area (Å²) in [6.07, 6.45) is 3.09. The number of ether oxygens (including phenoxy) is 1. The lowest BCUT2D eigenvalue weighted by atomic mass is 9.97. The van der Waals surface area contributed by atoms with Crippen LogP contribution in [0.4, 0.5) is 11.6 Å². The first-order chi connectivity index (χ1) is 11.0. The van der Waals surface area contributed by atoms with Gasteiger partial charge in [0.1, 0.15) is 0 Å². The van der Waals surface area contributed by atoms with Crippen LogP contribution in [-0.2, 0) is 9.53 Å². The predicted octanol–water partition coefficient (Wildman–Crippen LogP) is 0.399. The van der Waals surface area contributed by atoms with E-state index in [1.54, 1.807) is 6.20 Å². The Balaban J connectivity index is 2.01. The number of piperidine rings is 1. The first kappa shape index (κ1) is 15.1. The molecule has 2 aromatic heterocycles. The molecule has 3 rings (SSSR count). The van der Waals surface area contributed by atoms with Crippen LogP contribution in [0.2, 0.25) is 0 Å². The van der Waals surface area contributed by atoms with Crippen molar-refractivity contribution in [1.29, 1.82) is 0 Å². The molecule has 0 spiro atoms. The third-order valence-corrected chi connectivity index (χ3v) is 3.99. The van der Waals surface area contributed by atoms with Crippen LogP contribution in [0.1, 0.15) is 23.2 Å². The van der Waals surface area contributed by atoms with Crippen LogP contribution in [0.25, 0.3) is 5.65 Å². The van der Waals surface area contributed by atoms with E-state index >= 15 is 0 Å². The smallest absolute Gasteiger partial charge is 0.338 e. The van der Waals surface area contributed by atoms with Crippen molar-refractivity contribution in [2.75, 3.05) is 30.8 Å². The number of carboxylic acids is 1. The summed E-state index contributed by atoms with van der Waals surface area (Å²) in [5, 5.41) is 13.5. The van der Waals surface area contributed by atoms with Crippen molar-refractivity contribution >= 4 is 29.2 Å². The normalized spacial score (nSPS) is 18.1. The van der Waals surface area contributed by atoms with E-state index in [4.69, 9.17) is 10.5 Å². The zero-order chi connectivity index (χ0) is 16.6. The molecule has 3 heterocycles. The average molecular weight is 319 g/mol. The van der Waals surface area contributed by atoms with Gasteiger partial charge in [-0.1, -0.05) is 0 Å². The van der Waals surface area contributed by atoms with Crippen LogP contribution in [0.3, 0.4) is 0 Å². The number of carbonyl (C=O) groups is 2. The van der Waals surface area contributed by atoms with Gasteiger partial charge < -0.3 is 20.5 Å². The summed E-state index contributed by atoms with van der Waals surface area (Å²) in [4.78, 5) is 29.2. The molecule has 122 valence electrons. The number of hydrogen-bond donors (Lipinski definition) is 2. The maximum atomic E-state index is 11.8. The number of methoxy groups -OCH3 is 1. The molecule has 3 N–H and O–H groups in total. The third kappa shape index (κ3) is 2.77. The van der Waals surface area contributed by atoms with E-state index in [-0.39, 0.29) is 23.4 Å². The molecular weight excluding hydrogens is 302 g/mol. The van der Waals surface area contributed by atoms with Crippen molar-refractivity contribution in [1.82, 2.24) is 14.6 Å². The molecule has 2 aromatic rings.